The molecule has 3 N–H and O–H groups in total. The van der Waals surface area contributed by atoms with Gasteiger partial charge in [0.2, 0.25) is 0 Å². The van der Waals surface area contributed by atoms with Crippen LogP contribution in [0.15, 0.2) is 18.2 Å². The van der Waals surface area contributed by atoms with Crippen molar-refractivity contribution in [1.29, 1.82) is 0 Å². The first-order chi connectivity index (χ1) is 8.72. The van der Waals surface area contributed by atoms with Crippen molar-refractivity contribution in [3.05, 3.63) is 28.8 Å². The summed E-state index contributed by atoms with van der Waals surface area (Å²) in [6.45, 7) is 4.42. The summed E-state index contributed by atoms with van der Waals surface area (Å²) in [5.74, 6) is 0.405. The zero-order chi connectivity index (χ0) is 14.6. The Labute approximate surface area is 116 Å². The van der Waals surface area contributed by atoms with Gasteiger partial charge >= 0.3 is 6.18 Å². The molecule has 1 unspecified atom stereocenters. The first-order valence-corrected chi connectivity index (χ1v) is 6.44. The summed E-state index contributed by atoms with van der Waals surface area (Å²) < 4.78 is 38.0. The average molecular weight is 295 g/mol. The molecule has 0 aliphatic rings. The Bertz CT molecular complexity index is 419. The van der Waals surface area contributed by atoms with Gasteiger partial charge in [-0.25, -0.2) is 0 Å². The predicted molar refractivity (Wildman–Crippen MR) is 72.4 cm³/mol. The van der Waals surface area contributed by atoms with Crippen LogP contribution in [0.3, 0.4) is 0 Å². The third kappa shape index (κ3) is 5.28. The van der Waals surface area contributed by atoms with Crippen LogP contribution in [0.25, 0.3) is 0 Å². The molecular weight excluding hydrogens is 277 g/mol. The molecule has 0 bridgehead atoms. The standard InChI is InChI=1S/C13H18ClF3N2/c1-8(2)3-12(7-18)19-11-5-9(13(15,16)17)4-10(14)6-11/h4-6,8,12,19H,3,7,18H2,1-2H3. The Morgan fingerprint density at radius 2 is 1.89 bits per heavy atom. The zero-order valence-electron chi connectivity index (χ0n) is 10.9. The fraction of sp³-hybridized carbons (Fsp3) is 0.538. The van der Waals surface area contributed by atoms with Crippen LogP contribution >= 0.6 is 11.6 Å². The molecule has 0 aromatic heterocycles. The van der Waals surface area contributed by atoms with Crippen LogP contribution in [0, 0.1) is 5.92 Å². The summed E-state index contributed by atoms with van der Waals surface area (Å²) in [4.78, 5) is 0. The minimum absolute atomic E-state index is 0.0534. The molecule has 1 aromatic carbocycles. The molecule has 0 aliphatic carbocycles. The van der Waals surface area contributed by atoms with Gasteiger partial charge in [0.1, 0.15) is 0 Å². The number of nitrogens with two attached hydrogens (primary N) is 1. The van der Waals surface area contributed by atoms with Crippen LogP contribution in [0.4, 0.5) is 18.9 Å². The highest BCUT2D eigenvalue weighted by molar-refractivity contribution is 6.30. The lowest BCUT2D eigenvalue weighted by molar-refractivity contribution is -0.137. The fourth-order valence-electron chi connectivity index (χ4n) is 1.86. The third-order valence-electron chi connectivity index (χ3n) is 2.64. The molecule has 0 amide bonds. The van der Waals surface area contributed by atoms with Crippen molar-refractivity contribution in [2.75, 3.05) is 11.9 Å². The molecular formula is C13H18ClF3N2. The van der Waals surface area contributed by atoms with Gasteiger partial charge in [-0.3, -0.25) is 0 Å². The maximum atomic E-state index is 12.7. The molecule has 0 aliphatic heterocycles. The van der Waals surface area contributed by atoms with Crippen LogP contribution in [0.2, 0.25) is 5.02 Å². The van der Waals surface area contributed by atoms with Gasteiger partial charge in [-0.05, 0) is 30.5 Å². The Kier molecular flexibility index (Phi) is 5.50. The third-order valence-corrected chi connectivity index (χ3v) is 2.85. The number of anilines is 1. The number of alkyl halides is 3. The van der Waals surface area contributed by atoms with Crippen molar-refractivity contribution < 1.29 is 13.2 Å². The van der Waals surface area contributed by atoms with Gasteiger partial charge in [-0.1, -0.05) is 25.4 Å². The van der Waals surface area contributed by atoms with E-state index in [4.69, 9.17) is 17.3 Å². The van der Waals surface area contributed by atoms with Gasteiger partial charge in [0.15, 0.2) is 0 Å². The van der Waals surface area contributed by atoms with E-state index in [9.17, 15) is 13.2 Å². The van der Waals surface area contributed by atoms with Gasteiger partial charge in [0.05, 0.1) is 5.56 Å². The second-order valence-corrected chi connectivity index (χ2v) is 5.37. The Morgan fingerprint density at radius 3 is 2.37 bits per heavy atom. The summed E-state index contributed by atoms with van der Waals surface area (Å²) in [6, 6.07) is 3.36. The van der Waals surface area contributed by atoms with E-state index in [1.165, 1.54) is 6.07 Å². The molecule has 2 nitrogen and oxygen atoms in total. The molecule has 0 heterocycles. The first kappa shape index (κ1) is 16.1. The zero-order valence-corrected chi connectivity index (χ0v) is 11.6. The number of halogens is 4. The highest BCUT2D eigenvalue weighted by Gasteiger charge is 2.31. The lowest BCUT2D eigenvalue weighted by Gasteiger charge is -2.21. The second-order valence-electron chi connectivity index (χ2n) is 4.93. The Balaban J connectivity index is 2.91. The van der Waals surface area contributed by atoms with Crippen molar-refractivity contribution in [2.24, 2.45) is 11.7 Å². The van der Waals surface area contributed by atoms with Crippen LogP contribution in [0.1, 0.15) is 25.8 Å². The van der Waals surface area contributed by atoms with E-state index in [0.717, 1.165) is 18.6 Å². The second kappa shape index (κ2) is 6.48. The van der Waals surface area contributed by atoms with Crippen molar-refractivity contribution in [2.45, 2.75) is 32.5 Å². The highest BCUT2D eigenvalue weighted by Crippen LogP contribution is 2.33. The maximum absolute atomic E-state index is 12.7. The summed E-state index contributed by atoms with van der Waals surface area (Å²) in [5.41, 5.74) is 5.20. The summed E-state index contributed by atoms with van der Waals surface area (Å²) in [5, 5.41) is 3.06. The Morgan fingerprint density at radius 1 is 1.26 bits per heavy atom. The van der Waals surface area contributed by atoms with Gasteiger partial charge in [0.25, 0.3) is 0 Å². The fourth-order valence-corrected chi connectivity index (χ4v) is 2.09. The van der Waals surface area contributed by atoms with Crippen molar-refractivity contribution in [1.82, 2.24) is 0 Å². The molecule has 0 radical (unpaired) electrons. The molecule has 1 aromatic rings. The van der Waals surface area contributed by atoms with E-state index in [1.807, 2.05) is 13.8 Å². The van der Waals surface area contributed by atoms with Gasteiger partial charge in [0, 0.05) is 23.3 Å². The molecule has 0 fully saturated rings. The topological polar surface area (TPSA) is 38.0 Å². The van der Waals surface area contributed by atoms with E-state index in [-0.39, 0.29) is 11.1 Å². The van der Waals surface area contributed by atoms with Crippen molar-refractivity contribution >= 4 is 17.3 Å². The molecule has 6 heteroatoms. The monoisotopic (exact) mass is 294 g/mol. The van der Waals surface area contributed by atoms with Gasteiger partial charge in [-0.2, -0.15) is 13.2 Å². The maximum Gasteiger partial charge on any atom is 0.416 e. The summed E-state index contributed by atoms with van der Waals surface area (Å²) in [7, 11) is 0. The molecule has 1 rings (SSSR count). The van der Waals surface area contributed by atoms with Crippen LogP contribution < -0.4 is 11.1 Å². The first-order valence-electron chi connectivity index (χ1n) is 6.06. The van der Waals surface area contributed by atoms with Gasteiger partial charge < -0.3 is 11.1 Å². The lowest BCUT2D eigenvalue weighted by atomic mass is 10.0. The largest absolute Gasteiger partial charge is 0.416 e. The number of rotatable bonds is 5. The lowest BCUT2D eigenvalue weighted by Crippen LogP contribution is -2.30. The van der Waals surface area contributed by atoms with Crippen LogP contribution in [0.5, 0.6) is 0 Å². The minimum atomic E-state index is -4.41. The molecule has 1 atom stereocenters. The average Bonchev–Trinajstić information content (AvgIpc) is 2.25. The number of benzene rings is 1. The minimum Gasteiger partial charge on any atom is -0.381 e. The molecule has 108 valence electrons. The SMILES string of the molecule is CC(C)CC(CN)Nc1cc(Cl)cc(C(F)(F)F)c1. The van der Waals surface area contributed by atoms with E-state index < -0.39 is 11.7 Å². The number of nitrogens with one attached hydrogen (secondary N) is 1. The van der Waals surface area contributed by atoms with Crippen molar-refractivity contribution in [3.8, 4) is 0 Å². The van der Waals surface area contributed by atoms with Crippen LogP contribution in [-0.2, 0) is 6.18 Å². The highest BCUT2D eigenvalue weighted by atomic mass is 35.5. The van der Waals surface area contributed by atoms with Crippen LogP contribution in [-0.4, -0.2) is 12.6 Å². The molecule has 0 spiro atoms. The molecule has 19 heavy (non-hydrogen) atoms. The quantitative estimate of drug-likeness (QED) is 0.856. The summed E-state index contributed by atoms with van der Waals surface area (Å²) >= 11 is 5.72. The molecule has 0 saturated heterocycles. The van der Waals surface area contributed by atoms with Crippen molar-refractivity contribution in [3.63, 3.8) is 0 Å². The Hall–Kier alpha value is -0.940. The normalized spacial score (nSPS) is 13.7. The predicted octanol–water partition coefficient (Wildman–Crippen LogP) is 4.14. The number of hydrogen-bond donors (Lipinski definition) is 2. The van der Waals surface area contributed by atoms with E-state index in [1.54, 1.807) is 0 Å². The van der Waals surface area contributed by atoms with E-state index in [0.29, 0.717) is 18.2 Å². The van der Waals surface area contributed by atoms with Gasteiger partial charge in [-0.15, -0.1) is 0 Å². The van der Waals surface area contributed by atoms with E-state index in [2.05, 4.69) is 5.32 Å². The van der Waals surface area contributed by atoms with E-state index >= 15 is 0 Å². The molecule has 0 saturated carbocycles. The smallest absolute Gasteiger partial charge is 0.381 e. The summed E-state index contributed by atoms with van der Waals surface area (Å²) in [6.07, 6.45) is -3.62. The number of hydrogen-bond acceptors (Lipinski definition) is 2.